The molecule has 1 amide bonds. The van der Waals surface area contributed by atoms with Crippen molar-refractivity contribution in [2.75, 3.05) is 6.54 Å². The number of hydrogen-bond donors (Lipinski definition) is 3. The molecule has 0 aromatic rings. The molecule has 1 saturated heterocycles. The summed E-state index contributed by atoms with van der Waals surface area (Å²) in [6, 6.07) is -0.206. The van der Waals surface area contributed by atoms with Crippen molar-refractivity contribution in [2.45, 2.75) is 38.8 Å². The van der Waals surface area contributed by atoms with E-state index in [9.17, 15) is 19.8 Å². The number of aliphatic carboxylic acids is 1. The van der Waals surface area contributed by atoms with E-state index >= 15 is 0 Å². The van der Waals surface area contributed by atoms with E-state index < -0.39 is 18.0 Å². The minimum atomic E-state index is -1.09. The second kappa shape index (κ2) is 4.61. The summed E-state index contributed by atoms with van der Waals surface area (Å²) in [5.74, 6) is -1.85. The average molecular weight is 254 g/mol. The lowest BCUT2D eigenvalue weighted by molar-refractivity contribution is -0.161. The first-order valence-corrected chi connectivity index (χ1v) is 6.20. The zero-order chi connectivity index (χ0) is 13.4. The lowest BCUT2D eigenvalue weighted by Gasteiger charge is -2.44. The number of carboxylic acids is 1. The van der Waals surface area contributed by atoms with Gasteiger partial charge in [-0.2, -0.15) is 0 Å². The van der Waals surface area contributed by atoms with E-state index in [1.807, 2.05) is 6.92 Å². The molecule has 0 aromatic carbocycles. The number of nitrogens with one attached hydrogen (secondary N) is 1. The van der Waals surface area contributed by atoms with Crippen molar-refractivity contribution in [3.05, 3.63) is 11.4 Å². The number of hydrogen-bond acceptors (Lipinski definition) is 4. The summed E-state index contributed by atoms with van der Waals surface area (Å²) < 4.78 is 0. The average Bonchev–Trinajstić information content (AvgIpc) is 2.60. The molecule has 100 valence electrons. The third-order valence-electron chi connectivity index (χ3n) is 3.52. The van der Waals surface area contributed by atoms with Crippen molar-refractivity contribution in [2.24, 2.45) is 5.92 Å². The van der Waals surface area contributed by atoms with Gasteiger partial charge in [-0.15, -0.1) is 0 Å². The van der Waals surface area contributed by atoms with Crippen LogP contribution in [-0.4, -0.2) is 45.7 Å². The number of carboxylic acid groups (broad SMARTS) is 1. The highest BCUT2D eigenvalue weighted by Gasteiger charge is 2.56. The Morgan fingerprint density at radius 1 is 1.61 bits per heavy atom. The molecule has 2 aliphatic rings. The van der Waals surface area contributed by atoms with Crippen molar-refractivity contribution in [3.8, 4) is 0 Å². The zero-order valence-corrected chi connectivity index (χ0v) is 10.5. The molecule has 18 heavy (non-hydrogen) atoms. The molecule has 3 N–H and O–H groups in total. The van der Waals surface area contributed by atoms with E-state index in [0.29, 0.717) is 18.7 Å². The lowest BCUT2D eigenvalue weighted by atomic mass is 9.83. The van der Waals surface area contributed by atoms with E-state index in [1.54, 1.807) is 6.92 Å². The fourth-order valence-electron chi connectivity index (χ4n) is 2.70. The van der Waals surface area contributed by atoms with Crippen molar-refractivity contribution in [1.29, 1.82) is 0 Å². The van der Waals surface area contributed by atoms with Gasteiger partial charge in [0.1, 0.15) is 5.70 Å². The molecule has 1 fully saturated rings. The Morgan fingerprint density at radius 3 is 2.78 bits per heavy atom. The molecule has 6 heteroatoms. The van der Waals surface area contributed by atoms with Gasteiger partial charge in [0.15, 0.2) is 0 Å². The maximum atomic E-state index is 11.9. The van der Waals surface area contributed by atoms with E-state index in [1.165, 1.54) is 4.90 Å². The van der Waals surface area contributed by atoms with Crippen LogP contribution in [0.25, 0.3) is 0 Å². The number of nitrogens with zero attached hydrogens (tertiary/aromatic N) is 1. The first-order chi connectivity index (χ1) is 8.49. The Kier molecular flexibility index (Phi) is 3.30. The van der Waals surface area contributed by atoms with Gasteiger partial charge in [0.2, 0.25) is 5.91 Å². The predicted octanol–water partition coefficient (Wildman–Crippen LogP) is -0.106. The van der Waals surface area contributed by atoms with Crippen LogP contribution in [0.4, 0.5) is 0 Å². The number of rotatable bonds is 5. The van der Waals surface area contributed by atoms with E-state index in [2.05, 4.69) is 5.32 Å². The number of carbonyl (C=O) groups is 2. The molecule has 0 aromatic heterocycles. The topological polar surface area (TPSA) is 89.9 Å². The number of aliphatic hydroxyl groups is 1. The summed E-state index contributed by atoms with van der Waals surface area (Å²) in [5, 5.41) is 21.8. The van der Waals surface area contributed by atoms with Gasteiger partial charge in [0.05, 0.1) is 18.1 Å². The van der Waals surface area contributed by atoms with Gasteiger partial charge in [-0.3, -0.25) is 9.69 Å². The Morgan fingerprint density at radius 2 is 2.28 bits per heavy atom. The molecule has 3 unspecified atom stereocenters. The summed E-state index contributed by atoms with van der Waals surface area (Å²) in [6.07, 6.45) is 0.636. The number of amides is 1. The first kappa shape index (κ1) is 12.9. The van der Waals surface area contributed by atoms with Gasteiger partial charge in [0.25, 0.3) is 0 Å². The predicted molar refractivity (Wildman–Crippen MR) is 63.4 cm³/mol. The standard InChI is InChI=1S/C12H18N2O4/c1-3-4-13-7-5-8-9(6(2)15)11(16)14(8)10(7)12(17)18/h6,8-9,13,15H,3-5H2,1-2H3,(H,17,18). The van der Waals surface area contributed by atoms with Crippen LogP contribution in [0.2, 0.25) is 0 Å². The molecule has 0 aliphatic carbocycles. The highest BCUT2D eigenvalue weighted by atomic mass is 16.4. The fourth-order valence-corrected chi connectivity index (χ4v) is 2.70. The van der Waals surface area contributed by atoms with Crippen LogP contribution in [0, 0.1) is 5.92 Å². The third-order valence-corrected chi connectivity index (χ3v) is 3.52. The maximum absolute atomic E-state index is 11.9. The number of β-lactam (4-membered cyclic amide) rings is 1. The van der Waals surface area contributed by atoms with Gasteiger partial charge in [0, 0.05) is 18.7 Å². The molecule has 2 aliphatic heterocycles. The molecule has 2 rings (SSSR count). The Labute approximate surface area is 105 Å². The highest BCUT2D eigenvalue weighted by molar-refractivity contribution is 5.99. The summed E-state index contributed by atoms with van der Waals surface area (Å²) >= 11 is 0. The van der Waals surface area contributed by atoms with Crippen molar-refractivity contribution in [1.82, 2.24) is 10.2 Å². The van der Waals surface area contributed by atoms with Gasteiger partial charge in [-0.25, -0.2) is 4.79 Å². The van der Waals surface area contributed by atoms with Crippen LogP contribution in [0.1, 0.15) is 26.7 Å². The Balaban J connectivity index is 2.21. The lowest BCUT2D eigenvalue weighted by Crippen LogP contribution is -2.61. The number of fused-ring (bicyclic) bond motifs is 1. The van der Waals surface area contributed by atoms with E-state index in [-0.39, 0.29) is 17.6 Å². The van der Waals surface area contributed by atoms with Gasteiger partial charge in [-0.1, -0.05) is 6.92 Å². The van der Waals surface area contributed by atoms with E-state index in [4.69, 9.17) is 0 Å². The van der Waals surface area contributed by atoms with Crippen LogP contribution < -0.4 is 5.32 Å². The van der Waals surface area contributed by atoms with Gasteiger partial charge >= 0.3 is 5.97 Å². The molecule has 0 radical (unpaired) electrons. The summed E-state index contributed by atoms with van der Waals surface area (Å²) in [6.45, 7) is 4.24. The highest BCUT2D eigenvalue weighted by Crippen LogP contribution is 2.42. The number of carbonyl (C=O) groups excluding carboxylic acids is 1. The third kappa shape index (κ3) is 1.77. The molecule has 3 atom stereocenters. The molecule has 0 bridgehead atoms. The SMILES string of the molecule is CCCNC1=C(C(=O)O)N2C(=O)C(C(C)O)C2C1. The summed E-state index contributed by atoms with van der Waals surface area (Å²) in [4.78, 5) is 24.4. The van der Waals surface area contributed by atoms with Crippen LogP contribution in [0.5, 0.6) is 0 Å². The summed E-state index contributed by atoms with van der Waals surface area (Å²) in [7, 11) is 0. The number of aliphatic hydroxyl groups excluding tert-OH is 1. The minimum Gasteiger partial charge on any atom is -0.477 e. The van der Waals surface area contributed by atoms with Crippen LogP contribution in [-0.2, 0) is 9.59 Å². The van der Waals surface area contributed by atoms with Crippen LogP contribution in [0.3, 0.4) is 0 Å². The quantitative estimate of drug-likeness (QED) is 0.596. The smallest absolute Gasteiger partial charge is 0.354 e. The minimum absolute atomic E-state index is 0.0513. The summed E-state index contributed by atoms with van der Waals surface area (Å²) in [5.41, 5.74) is 0.654. The molecular weight excluding hydrogens is 236 g/mol. The molecular formula is C12H18N2O4. The van der Waals surface area contributed by atoms with Crippen molar-refractivity contribution < 1.29 is 19.8 Å². The molecule has 0 saturated carbocycles. The Hall–Kier alpha value is -1.56. The molecule has 0 spiro atoms. The van der Waals surface area contributed by atoms with Gasteiger partial charge in [-0.05, 0) is 13.3 Å². The second-order valence-corrected chi connectivity index (χ2v) is 4.81. The first-order valence-electron chi connectivity index (χ1n) is 6.20. The van der Waals surface area contributed by atoms with Crippen LogP contribution >= 0.6 is 0 Å². The fraction of sp³-hybridized carbons (Fsp3) is 0.667. The van der Waals surface area contributed by atoms with Gasteiger partial charge < -0.3 is 15.5 Å². The maximum Gasteiger partial charge on any atom is 0.354 e. The normalized spacial score (nSPS) is 27.9. The van der Waals surface area contributed by atoms with E-state index in [0.717, 1.165) is 6.42 Å². The van der Waals surface area contributed by atoms with Crippen molar-refractivity contribution >= 4 is 11.9 Å². The van der Waals surface area contributed by atoms with Crippen LogP contribution in [0.15, 0.2) is 11.4 Å². The largest absolute Gasteiger partial charge is 0.477 e. The molecule has 2 heterocycles. The second-order valence-electron chi connectivity index (χ2n) is 4.81. The Bertz CT molecular complexity index is 416. The zero-order valence-electron chi connectivity index (χ0n) is 10.5. The monoisotopic (exact) mass is 254 g/mol. The molecule has 6 nitrogen and oxygen atoms in total. The van der Waals surface area contributed by atoms with Crippen molar-refractivity contribution in [3.63, 3.8) is 0 Å².